The predicted molar refractivity (Wildman–Crippen MR) is 108 cm³/mol. The summed E-state index contributed by atoms with van der Waals surface area (Å²) in [6.45, 7) is 2.84. The number of aromatic nitrogens is 2. The largest absolute Gasteiger partial charge is 0.383 e. The maximum absolute atomic E-state index is 13.0. The van der Waals surface area contributed by atoms with Crippen molar-refractivity contribution < 1.29 is 9.53 Å². The van der Waals surface area contributed by atoms with Gasteiger partial charge in [-0.15, -0.1) is 0 Å². The second-order valence-electron chi connectivity index (χ2n) is 5.72. The molecule has 0 spiro atoms. The number of amides is 1. The van der Waals surface area contributed by atoms with Crippen LogP contribution in [0.2, 0.25) is 0 Å². The molecule has 2 aromatic heterocycles. The first kappa shape index (κ1) is 18.6. The van der Waals surface area contributed by atoms with Gasteiger partial charge >= 0.3 is 0 Å². The summed E-state index contributed by atoms with van der Waals surface area (Å²) < 4.78 is 6.99. The Labute approximate surface area is 160 Å². The number of pyridine rings is 1. The average Bonchev–Trinajstić information content (AvgIpc) is 2.86. The van der Waals surface area contributed by atoms with E-state index in [1.807, 2.05) is 13.0 Å². The van der Waals surface area contributed by atoms with Gasteiger partial charge in [-0.2, -0.15) is 0 Å². The summed E-state index contributed by atoms with van der Waals surface area (Å²) in [5.74, 6) is 0.194. The summed E-state index contributed by atoms with van der Waals surface area (Å²) in [5.41, 5.74) is 1.52. The normalized spacial score (nSPS) is 16.1. The van der Waals surface area contributed by atoms with Crippen LogP contribution in [-0.4, -0.2) is 51.8 Å². The first-order valence-corrected chi connectivity index (χ1v) is 9.13. The van der Waals surface area contributed by atoms with Crippen LogP contribution in [0.3, 0.4) is 0 Å². The van der Waals surface area contributed by atoms with E-state index in [0.29, 0.717) is 39.4 Å². The molecule has 0 aromatic carbocycles. The predicted octanol–water partition coefficient (Wildman–Crippen LogP) is 1.89. The van der Waals surface area contributed by atoms with E-state index in [4.69, 9.17) is 17.0 Å². The number of anilines is 1. The minimum atomic E-state index is -0.250. The van der Waals surface area contributed by atoms with Gasteiger partial charge in [0.2, 0.25) is 0 Å². The molecule has 2 aromatic rings. The minimum Gasteiger partial charge on any atom is -0.383 e. The summed E-state index contributed by atoms with van der Waals surface area (Å²) in [6.07, 6.45) is 3.22. The first-order chi connectivity index (χ1) is 12.4. The lowest BCUT2D eigenvalue weighted by molar-refractivity contribution is -0.121. The molecule has 0 unspecified atom stereocenters. The molecule has 136 valence electrons. The molecule has 0 aliphatic carbocycles. The van der Waals surface area contributed by atoms with Gasteiger partial charge in [-0.05, 0) is 24.6 Å². The van der Waals surface area contributed by atoms with Crippen LogP contribution in [0.5, 0.6) is 0 Å². The lowest BCUT2D eigenvalue weighted by Crippen LogP contribution is -2.24. The molecule has 1 aliphatic heterocycles. The molecule has 1 N–H and O–H groups in total. The van der Waals surface area contributed by atoms with Gasteiger partial charge < -0.3 is 10.1 Å². The molecule has 0 radical (unpaired) electrons. The number of methoxy groups -OCH3 is 1. The van der Waals surface area contributed by atoms with Gasteiger partial charge in [-0.25, -0.2) is 4.98 Å². The van der Waals surface area contributed by atoms with Crippen molar-refractivity contribution in [3.05, 3.63) is 44.7 Å². The van der Waals surface area contributed by atoms with Crippen molar-refractivity contribution in [1.29, 1.82) is 0 Å². The van der Waals surface area contributed by atoms with Gasteiger partial charge in [0.15, 0.2) is 0 Å². The Kier molecular flexibility index (Phi) is 5.40. The van der Waals surface area contributed by atoms with Crippen LogP contribution in [-0.2, 0) is 9.53 Å². The molecule has 1 fully saturated rings. The topological polar surface area (TPSA) is 75.9 Å². The molecule has 0 bridgehead atoms. The van der Waals surface area contributed by atoms with Crippen LogP contribution < -0.4 is 10.9 Å². The van der Waals surface area contributed by atoms with E-state index in [9.17, 15) is 9.59 Å². The van der Waals surface area contributed by atoms with Crippen molar-refractivity contribution in [2.45, 2.75) is 6.92 Å². The highest BCUT2D eigenvalue weighted by Crippen LogP contribution is 2.31. The Hall–Kier alpha value is -2.23. The van der Waals surface area contributed by atoms with Gasteiger partial charge in [0.25, 0.3) is 11.5 Å². The van der Waals surface area contributed by atoms with E-state index in [1.54, 1.807) is 32.5 Å². The zero-order valence-electron chi connectivity index (χ0n) is 14.6. The Balaban J connectivity index is 2.17. The van der Waals surface area contributed by atoms with E-state index < -0.39 is 0 Å². The summed E-state index contributed by atoms with van der Waals surface area (Å²) in [7, 11) is 3.22. The molecule has 3 rings (SSSR count). The fraction of sp³-hybridized carbons (Fsp3) is 0.294. The van der Waals surface area contributed by atoms with Gasteiger partial charge in [-0.1, -0.05) is 30.0 Å². The van der Waals surface area contributed by atoms with Crippen LogP contribution in [0.25, 0.3) is 11.7 Å². The Morgan fingerprint density at radius 1 is 1.42 bits per heavy atom. The van der Waals surface area contributed by atoms with Crippen molar-refractivity contribution in [3.63, 3.8) is 0 Å². The number of nitrogens with zero attached hydrogens (tertiary/aromatic N) is 3. The quantitative estimate of drug-likeness (QED) is 0.475. The highest BCUT2D eigenvalue weighted by atomic mass is 32.2. The lowest BCUT2D eigenvalue weighted by atomic mass is 10.2. The van der Waals surface area contributed by atoms with Crippen LogP contribution in [0, 0.1) is 6.92 Å². The van der Waals surface area contributed by atoms with Crippen molar-refractivity contribution in [3.8, 4) is 0 Å². The zero-order chi connectivity index (χ0) is 18.8. The maximum Gasteiger partial charge on any atom is 0.267 e. The van der Waals surface area contributed by atoms with Crippen LogP contribution in [0.1, 0.15) is 11.1 Å². The molecule has 0 atom stereocenters. The zero-order valence-corrected chi connectivity index (χ0v) is 16.2. The number of thioether (sulfide) groups is 1. The van der Waals surface area contributed by atoms with Gasteiger partial charge in [-0.3, -0.25) is 18.9 Å². The molecule has 7 nitrogen and oxygen atoms in total. The molecule has 26 heavy (non-hydrogen) atoms. The first-order valence-electron chi connectivity index (χ1n) is 7.90. The summed E-state index contributed by atoms with van der Waals surface area (Å²) >= 11 is 6.33. The van der Waals surface area contributed by atoms with E-state index in [0.717, 1.165) is 5.56 Å². The van der Waals surface area contributed by atoms with Crippen LogP contribution in [0.15, 0.2) is 28.0 Å². The number of likely N-dealkylation sites (N-methyl/N-ethyl adjacent to an activating group) is 1. The van der Waals surface area contributed by atoms with E-state index >= 15 is 0 Å². The number of nitrogens with one attached hydrogen (secondary N) is 1. The monoisotopic (exact) mass is 390 g/mol. The van der Waals surface area contributed by atoms with Crippen LogP contribution >= 0.6 is 24.0 Å². The molecule has 1 saturated heterocycles. The van der Waals surface area contributed by atoms with Crippen molar-refractivity contribution in [2.75, 3.05) is 32.6 Å². The number of hydrogen-bond donors (Lipinski definition) is 1. The molecule has 9 heteroatoms. The summed E-state index contributed by atoms with van der Waals surface area (Å²) in [5, 5.41) is 3.12. The molecule has 1 aliphatic rings. The fourth-order valence-corrected chi connectivity index (χ4v) is 3.69. The van der Waals surface area contributed by atoms with Gasteiger partial charge in [0.1, 0.15) is 15.8 Å². The maximum atomic E-state index is 13.0. The molecular formula is C17H18N4O3S2. The van der Waals surface area contributed by atoms with Crippen molar-refractivity contribution >= 4 is 51.7 Å². The number of hydrogen-bond acceptors (Lipinski definition) is 7. The van der Waals surface area contributed by atoms with E-state index in [1.165, 1.54) is 21.1 Å². The third kappa shape index (κ3) is 3.37. The van der Waals surface area contributed by atoms with Crippen molar-refractivity contribution in [2.24, 2.45) is 0 Å². The van der Waals surface area contributed by atoms with Gasteiger partial charge in [0, 0.05) is 26.9 Å². The smallest absolute Gasteiger partial charge is 0.267 e. The molecule has 3 heterocycles. The second-order valence-corrected chi connectivity index (χ2v) is 7.40. The number of carbonyl (C=O) groups excluding carboxylic acids is 1. The Morgan fingerprint density at radius 3 is 2.85 bits per heavy atom. The fourth-order valence-electron chi connectivity index (χ4n) is 2.52. The van der Waals surface area contributed by atoms with E-state index in [2.05, 4.69) is 10.3 Å². The Bertz CT molecular complexity index is 984. The number of aryl methyl sites for hydroxylation is 1. The minimum absolute atomic E-state index is 0.225. The lowest BCUT2D eigenvalue weighted by Gasteiger charge is -2.12. The number of fused-ring (bicyclic) bond motifs is 1. The second kappa shape index (κ2) is 7.56. The van der Waals surface area contributed by atoms with Gasteiger partial charge in [0.05, 0.1) is 17.1 Å². The average molecular weight is 390 g/mol. The molecular weight excluding hydrogens is 372 g/mol. The third-order valence-electron chi connectivity index (χ3n) is 3.94. The van der Waals surface area contributed by atoms with Crippen molar-refractivity contribution in [1.82, 2.24) is 14.3 Å². The standard InChI is InChI=1S/C17H18N4O3S2/c1-10-5-4-7-21-14(10)19-13(18-6-8-24-3)11(15(21)22)9-12-16(23)20(2)17(25)26-12/h4-5,7,9,18H,6,8H2,1-3H3/b12-9-. The molecule has 1 amide bonds. The summed E-state index contributed by atoms with van der Waals surface area (Å²) in [4.78, 5) is 31.7. The number of carbonyl (C=O) groups is 1. The molecule has 0 saturated carbocycles. The number of thiocarbonyl (C=S) groups is 1. The van der Waals surface area contributed by atoms with Crippen LogP contribution in [0.4, 0.5) is 5.82 Å². The highest BCUT2D eigenvalue weighted by Gasteiger charge is 2.29. The Morgan fingerprint density at radius 2 is 2.19 bits per heavy atom. The summed E-state index contributed by atoms with van der Waals surface area (Å²) in [6, 6.07) is 3.68. The third-order valence-corrected chi connectivity index (χ3v) is 5.43. The van der Waals surface area contributed by atoms with E-state index in [-0.39, 0.29) is 11.5 Å². The SMILES string of the molecule is COCCNc1nc2c(C)cccn2c(=O)c1/C=C1\SC(=S)N(C)C1=O. The number of ether oxygens (including phenoxy) is 1. The highest BCUT2D eigenvalue weighted by molar-refractivity contribution is 8.26. The number of rotatable bonds is 5.